The molecule has 0 atom stereocenters. The van der Waals surface area contributed by atoms with Crippen LogP contribution in [0.5, 0.6) is 5.75 Å². The molecule has 1 aromatic carbocycles. The predicted molar refractivity (Wildman–Crippen MR) is 105 cm³/mol. The molecule has 0 aliphatic rings. The number of rotatable bonds is 3. The molecule has 0 saturated carbocycles. The fraction of sp³-hybridized carbons (Fsp3) is 0.100. The van der Waals surface area contributed by atoms with Crippen LogP contribution < -0.4 is 10.2 Å². The summed E-state index contributed by atoms with van der Waals surface area (Å²) in [7, 11) is 0. The minimum atomic E-state index is -0.449. The molecule has 0 fully saturated rings. The lowest BCUT2D eigenvalue weighted by atomic mass is 10.2. The van der Waals surface area contributed by atoms with Crippen molar-refractivity contribution in [2.24, 2.45) is 0 Å². The molecule has 4 rings (SSSR count). The molecule has 0 amide bonds. The molecular formula is C20H14O4S2. The van der Waals surface area contributed by atoms with Crippen molar-refractivity contribution in [1.82, 2.24) is 0 Å². The summed E-state index contributed by atoms with van der Waals surface area (Å²) < 4.78 is 11.3. The molecule has 0 aliphatic carbocycles. The second-order valence-corrected chi connectivity index (χ2v) is 7.68. The van der Waals surface area contributed by atoms with Gasteiger partial charge in [0.15, 0.2) is 5.43 Å². The van der Waals surface area contributed by atoms with Gasteiger partial charge in [-0.05, 0) is 54.4 Å². The van der Waals surface area contributed by atoms with Crippen LogP contribution in [0.3, 0.4) is 0 Å². The van der Waals surface area contributed by atoms with E-state index in [4.69, 9.17) is 9.15 Å². The molecule has 0 N–H and O–H groups in total. The van der Waals surface area contributed by atoms with Gasteiger partial charge in [0.05, 0.1) is 10.8 Å². The molecule has 130 valence electrons. The average Bonchev–Trinajstić information content (AvgIpc) is 3.33. The number of fused-ring (bicyclic) bond motifs is 1. The Bertz CT molecular complexity index is 1150. The Labute approximate surface area is 157 Å². The molecule has 0 unspecified atom stereocenters. The smallest absolute Gasteiger partial charge is 0.353 e. The van der Waals surface area contributed by atoms with Crippen LogP contribution in [0.1, 0.15) is 21.2 Å². The number of ether oxygens (including phenoxy) is 1. The standard InChI is InChI=1S/C20H14O4S2/c1-11-18-14(21)9-13(16-5-3-7-25-16)10-15(19(18)12(2)23-11)24-20(22)17-6-4-8-26-17/h3-10H,1-2H3. The average molecular weight is 382 g/mol. The summed E-state index contributed by atoms with van der Waals surface area (Å²) in [5, 5.41) is 4.74. The highest BCUT2D eigenvalue weighted by atomic mass is 32.1. The van der Waals surface area contributed by atoms with Crippen molar-refractivity contribution < 1.29 is 13.9 Å². The normalized spacial score (nSPS) is 11.0. The Morgan fingerprint density at radius 2 is 1.73 bits per heavy atom. The highest BCUT2D eigenvalue weighted by Crippen LogP contribution is 2.35. The van der Waals surface area contributed by atoms with Crippen LogP contribution in [0.25, 0.3) is 21.2 Å². The van der Waals surface area contributed by atoms with E-state index in [-0.39, 0.29) is 5.43 Å². The van der Waals surface area contributed by atoms with Gasteiger partial charge in [-0.1, -0.05) is 12.1 Å². The van der Waals surface area contributed by atoms with Gasteiger partial charge >= 0.3 is 5.97 Å². The Hall–Kier alpha value is -2.70. The minimum absolute atomic E-state index is 0.156. The number of esters is 1. The fourth-order valence-electron chi connectivity index (χ4n) is 2.96. The van der Waals surface area contributed by atoms with Crippen molar-refractivity contribution in [1.29, 1.82) is 0 Å². The van der Waals surface area contributed by atoms with Gasteiger partial charge in [0, 0.05) is 4.88 Å². The third kappa shape index (κ3) is 2.87. The van der Waals surface area contributed by atoms with Crippen molar-refractivity contribution in [3.05, 3.63) is 73.8 Å². The zero-order valence-corrected chi connectivity index (χ0v) is 15.7. The van der Waals surface area contributed by atoms with Crippen molar-refractivity contribution in [2.45, 2.75) is 13.8 Å². The van der Waals surface area contributed by atoms with Gasteiger partial charge in [-0.3, -0.25) is 4.79 Å². The first-order chi connectivity index (χ1) is 12.5. The van der Waals surface area contributed by atoms with E-state index in [1.165, 1.54) is 22.7 Å². The Balaban J connectivity index is 1.98. The first-order valence-electron chi connectivity index (χ1n) is 7.92. The molecule has 3 heterocycles. The van der Waals surface area contributed by atoms with Gasteiger partial charge in [0.1, 0.15) is 22.1 Å². The van der Waals surface area contributed by atoms with Gasteiger partial charge in [-0.15, -0.1) is 22.7 Å². The molecule has 0 saturated heterocycles. The highest BCUT2D eigenvalue weighted by Gasteiger charge is 2.19. The minimum Gasteiger partial charge on any atom is -0.465 e. The maximum absolute atomic E-state index is 12.8. The van der Waals surface area contributed by atoms with Crippen molar-refractivity contribution in [2.75, 3.05) is 0 Å². The maximum atomic E-state index is 12.8. The second-order valence-electron chi connectivity index (χ2n) is 5.78. The Kier molecular flexibility index (Phi) is 4.22. The third-order valence-corrected chi connectivity index (χ3v) is 5.83. The second kappa shape index (κ2) is 6.55. The lowest BCUT2D eigenvalue weighted by Gasteiger charge is -2.03. The van der Waals surface area contributed by atoms with Crippen LogP contribution in [-0.4, -0.2) is 5.97 Å². The van der Waals surface area contributed by atoms with E-state index in [1.54, 1.807) is 38.1 Å². The zero-order chi connectivity index (χ0) is 18.3. The van der Waals surface area contributed by atoms with Gasteiger partial charge in [-0.2, -0.15) is 0 Å². The van der Waals surface area contributed by atoms with Crippen LogP contribution in [0.4, 0.5) is 0 Å². The van der Waals surface area contributed by atoms with Crippen LogP contribution in [0.2, 0.25) is 0 Å². The quantitative estimate of drug-likeness (QED) is 0.444. The summed E-state index contributed by atoms with van der Waals surface area (Å²) in [4.78, 5) is 26.7. The fourth-order valence-corrected chi connectivity index (χ4v) is 4.27. The largest absolute Gasteiger partial charge is 0.465 e. The summed E-state index contributed by atoms with van der Waals surface area (Å²) in [5.74, 6) is 0.953. The number of furan rings is 1. The lowest BCUT2D eigenvalue weighted by molar-refractivity contribution is 0.0742. The summed E-state index contributed by atoms with van der Waals surface area (Å²) in [6.45, 7) is 3.51. The van der Waals surface area contributed by atoms with Gasteiger partial charge < -0.3 is 9.15 Å². The maximum Gasteiger partial charge on any atom is 0.353 e. The lowest BCUT2D eigenvalue weighted by Crippen LogP contribution is -2.06. The van der Waals surface area contributed by atoms with E-state index in [9.17, 15) is 9.59 Å². The van der Waals surface area contributed by atoms with Gasteiger partial charge in [0.2, 0.25) is 0 Å². The van der Waals surface area contributed by atoms with Crippen molar-refractivity contribution in [3.63, 3.8) is 0 Å². The molecule has 0 radical (unpaired) electrons. The molecule has 0 aliphatic heterocycles. The molecule has 0 bridgehead atoms. The first-order valence-corrected chi connectivity index (χ1v) is 9.68. The Morgan fingerprint density at radius 3 is 2.42 bits per heavy atom. The van der Waals surface area contributed by atoms with Crippen LogP contribution in [0, 0.1) is 13.8 Å². The van der Waals surface area contributed by atoms with E-state index < -0.39 is 5.97 Å². The molecule has 6 heteroatoms. The van der Waals surface area contributed by atoms with E-state index >= 15 is 0 Å². The highest BCUT2D eigenvalue weighted by molar-refractivity contribution is 7.13. The van der Waals surface area contributed by atoms with Gasteiger partial charge in [0.25, 0.3) is 0 Å². The summed E-state index contributed by atoms with van der Waals surface area (Å²) in [6, 6.07) is 10.7. The van der Waals surface area contributed by atoms with Crippen molar-refractivity contribution in [3.8, 4) is 16.2 Å². The molecule has 4 aromatic rings. The number of hydrogen-bond acceptors (Lipinski definition) is 6. The zero-order valence-electron chi connectivity index (χ0n) is 14.1. The van der Waals surface area contributed by atoms with Crippen LogP contribution >= 0.6 is 22.7 Å². The number of thiophene rings is 2. The predicted octanol–water partition coefficient (Wildman–Crippen LogP) is 5.42. The van der Waals surface area contributed by atoms with E-state index in [0.717, 1.165) is 4.88 Å². The van der Waals surface area contributed by atoms with Crippen molar-refractivity contribution >= 4 is 39.4 Å². The molecule has 0 spiro atoms. The number of carbonyl (C=O) groups is 1. The number of carbonyl (C=O) groups excluding carboxylic acids is 1. The van der Waals surface area contributed by atoms with E-state index in [2.05, 4.69) is 0 Å². The number of aryl methyl sites for hydroxylation is 2. The first kappa shape index (κ1) is 16.8. The third-order valence-electron chi connectivity index (χ3n) is 4.06. The van der Waals surface area contributed by atoms with Crippen LogP contribution in [-0.2, 0) is 0 Å². The van der Waals surface area contributed by atoms with Crippen LogP contribution in [0.15, 0.2) is 56.4 Å². The summed E-state index contributed by atoms with van der Waals surface area (Å²) in [5.41, 5.74) is 0.560. The summed E-state index contributed by atoms with van der Waals surface area (Å²) in [6.07, 6.45) is 0. The SMILES string of the molecule is Cc1oc(C)c2c(=O)cc(-c3cccs3)cc(OC(=O)c3cccs3)c12. The molecule has 3 aromatic heterocycles. The van der Waals surface area contributed by atoms with Gasteiger partial charge in [-0.25, -0.2) is 4.79 Å². The monoisotopic (exact) mass is 382 g/mol. The number of hydrogen-bond donors (Lipinski definition) is 0. The Morgan fingerprint density at radius 1 is 1.00 bits per heavy atom. The van der Waals surface area contributed by atoms with E-state index in [1.807, 2.05) is 22.9 Å². The molecule has 4 nitrogen and oxygen atoms in total. The molecule has 26 heavy (non-hydrogen) atoms. The topological polar surface area (TPSA) is 56.5 Å². The summed E-state index contributed by atoms with van der Waals surface area (Å²) >= 11 is 2.83. The van der Waals surface area contributed by atoms with E-state index in [0.29, 0.717) is 38.5 Å². The molecular weight excluding hydrogens is 368 g/mol.